The third kappa shape index (κ3) is 7.81. The van der Waals surface area contributed by atoms with E-state index in [0.29, 0.717) is 23.6 Å². The topological polar surface area (TPSA) is 161 Å². The monoisotopic (exact) mass is 622 g/mol. The first-order chi connectivity index (χ1) is 20.1. The van der Waals surface area contributed by atoms with E-state index in [-0.39, 0.29) is 45.0 Å². The minimum absolute atomic E-state index is 0.0791. The number of benzene rings is 3. The summed E-state index contributed by atoms with van der Waals surface area (Å²) in [5, 5.41) is 14.2. The van der Waals surface area contributed by atoms with Gasteiger partial charge < -0.3 is 9.80 Å². The summed E-state index contributed by atoms with van der Waals surface area (Å²) in [5.41, 5.74) is 2.19. The molecule has 3 rings (SSSR count). The summed E-state index contributed by atoms with van der Waals surface area (Å²) in [5.74, 6) is 0. The maximum atomic E-state index is 13.1. The van der Waals surface area contributed by atoms with Gasteiger partial charge in [0.25, 0.3) is 0 Å². The SMILES string of the molecule is CCN(CC)CCCNS(=O)(=O)c1ccc2c(NO)c3ccc(S(=O)(=O)NCCCN(CC)CC)cc3c(N=O)c2c1. The van der Waals surface area contributed by atoms with Gasteiger partial charge in [0.1, 0.15) is 5.69 Å². The predicted molar refractivity (Wildman–Crippen MR) is 168 cm³/mol. The van der Waals surface area contributed by atoms with Gasteiger partial charge in [-0.3, -0.25) is 10.7 Å². The molecule has 0 aliphatic rings. The molecule has 0 atom stereocenters. The maximum Gasteiger partial charge on any atom is 0.240 e. The highest BCUT2D eigenvalue weighted by atomic mass is 32.2. The average molecular weight is 623 g/mol. The molecule has 0 spiro atoms. The van der Waals surface area contributed by atoms with Crippen LogP contribution in [0.2, 0.25) is 0 Å². The van der Waals surface area contributed by atoms with Crippen LogP contribution in [-0.2, 0) is 20.0 Å². The number of hydrogen-bond donors (Lipinski definition) is 4. The first kappa shape index (κ1) is 33.8. The summed E-state index contributed by atoms with van der Waals surface area (Å²) in [6, 6.07) is 8.36. The van der Waals surface area contributed by atoms with Gasteiger partial charge in [0, 0.05) is 34.6 Å². The van der Waals surface area contributed by atoms with Gasteiger partial charge in [0.05, 0.1) is 15.5 Å². The average Bonchev–Trinajstić information content (AvgIpc) is 2.99. The van der Waals surface area contributed by atoms with Gasteiger partial charge in [-0.15, -0.1) is 4.91 Å². The van der Waals surface area contributed by atoms with Gasteiger partial charge in [-0.05, 0) is 81.6 Å². The lowest BCUT2D eigenvalue weighted by Gasteiger charge is -2.18. The van der Waals surface area contributed by atoms with Crippen molar-refractivity contribution in [3.63, 3.8) is 0 Å². The van der Waals surface area contributed by atoms with Gasteiger partial charge in [0.2, 0.25) is 20.0 Å². The van der Waals surface area contributed by atoms with Crippen molar-refractivity contribution < 1.29 is 22.0 Å². The standard InChI is InChI=1S/C28H42N6O6S2/c1-5-33(6-2)17-9-15-29-41(37,38)21-11-13-23-25(19-21)28(32-36)26-20-22(12-14-24(26)27(23)31-35)42(39,40)30-16-10-18-34(7-3)8-4/h11-14,19-20,29-31,35H,5-10,15-18H2,1-4H3. The molecular formula is C28H42N6O6S2. The number of hydrogen-bond acceptors (Lipinski definition) is 10. The smallest absolute Gasteiger partial charge is 0.240 e. The largest absolute Gasteiger partial charge is 0.304 e. The fourth-order valence-electron chi connectivity index (χ4n) is 4.98. The van der Waals surface area contributed by atoms with Crippen LogP contribution < -0.4 is 14.9 Å². The van der Waals surface area contributed by atoms with Gasteiger partial charge in [-0.2, -0.15) is 0 Å². The van der Waals surface area contributed by atoms with E-state index in [1.807, 2.05) is 27.7 Å². The molecule has 0 aliphatic heterocycles. The molecule has 12 nitrogen and oxygen atoms in total. The highest BCUT2D eigenvalue weighted by Gasteiger charge is 2.22. The van der Waals surface area contributed by atoms with Crippen molar-refractivity contribution in [2.45, 2.75) is 50.3 Å². The summed E-state index contributed by atoms with van der Waals surface area (Å²) in [6.07, 6.45) is 1.25. The van der Waals surface area contributed by atoms with Crippen LogP contribution in [0.5, 0.6) is 0 Å². The highest BCUT2D eigenvalue weighted by Crippen LogP contribution is 2.42. The molecule has 3 aromatic rings. The minimum Gasteiger partial charge on any atom is -0.304 e. The van der Waals surface area contributed by atoms with E-state index in [1.165, 1.54) is 36.4 Å². The van der Waals surface area contributed by atoms with Crippen molar-refractivity contribution in [1.29, 1.82) is 0 Å². The summed E-state index contributed by atoms with van der Waals surface area (Å²) in [4.78, 5) is 16.4. The number of rotatable bonds is 18. The van der Waals surface area contributed by atoms with Crippen LogP contribution in [0.3, 0.4) is 0 Å². The number of nitrogens with zero attached hydrogens (tertiary/aromatic N) is 3. The van der Waals surface area contributed by atoms with E-state index in [9.17, 15) is 26.9 Å². The number of fused-ring (bicyclic) bond motifs is 2. The van der Waals surface area contributed by atoms with Gasteiger partial charge in [-0.1, -0.05) is 39.8 Å². The van der Waals surface area contributed by atoms with Gasteiger partial charge >= 0.3 is 0 Å². The lowest BCUT2D eigenvalue weighted by molar-refractivity contribution is 0.300. The number of nitrogens with one attached hydrogen (secondary N) is 3. The first-order valence-corrected chi connectivity index (χ1v) is 17.2. The Balaban J connectivity index is 1.97. The normalized spacial score (nSPS) is 12.5. The zero-order chi connectivity index (χ0) is 30.9. The van der Waals surface area contributed by atoms with Crippen molar-refractivity contribution in [2.75, 3.05) is 57.8 Å². The summed E-state index contributed by atoms with van der Waals surface area (Å²) in [7, 11) is -7.84. The zero-order valence-corrected chi connectivity index (χ0v) is 26.3. The Morgan fingerprint density at radius 3 is 1.43 bits per heavy atom. The Morgan fingerprint density at radius 2 is 1.10 bits per heavy atom. The molecule has 232 valence electrons. The molecule has 0 heterocycles. The molecule has 0 aliphatic carbocycles. The Morgan fingerprint density at radius 1 is 0.690 bits per heavy atom. The molecule has 0 unspecified atom stereocenters. The fourth-order valence-corrected chi connectivity index (χ4v) is 7.18. The van der Waals surface area contributed by atoms with Crippen molar-refractivity contribution in [2.24, 2.45) is 5.18 Å². The highest BCUT2D eigenvalue weighted by molar-refractivity contribution is 7.89. The third-order valence-corrected chi connectivity index (χ3v) is 10.4. The van der Waals surface area contributed by atoms with Crippen molar-refractivity contribution >= 4 is 53.0 Å². The Bertz CT molecular complexity index is 1480. The molecule has 3 aromatic carbocycles. The zero-order valence-electron chi connectivity index (χ0n) is 24.7. The second-order valence-electron chi connectivity index (χ2n) is 9.90. The van der Waals surface area contributed by atoms with E-state index >= 15 is 0 Å². The molecule has 0 fully saturated rings. The Labute approximate surface area is 248 Å². The van der Waals surface area contributed by atoms with Crippen LogP contribution in [0.25, 0.3) is 21.5 Å². The van der Waals surface area contributed by atoms with Crippen LogP contribution in [0.1, 0.15) is 40.5 Å². The number of anilines is 1. The molecule has 14 heteroatoms. The third-order valence-electron chi connectivity index (χ3n) is 7.53. The first-order valence-electron chi connectivity index (χ1n) is 14.3. The Kier molecular flexibility index (Phi) is 12.2. The van der Waals surface area contributed by atoms with Crippen LogP contribution in [0, 0.1) is 4.91 Å². The quantitative estimate of drug-likeness (QED) is 0.0705. The molecule has 0 amide bonds. The number of nitroso groups, excluding NO2 is 1. The minimum atomic E-state index is -3.92. The molecule has 42 heavy (non-hydrogen) atoms. The number of sulfonamides is 2. The van der Waals surface area contributed by atoms with Crippen LogP contribution in [0.15, 0.2) is 51.4 Å². The van der Waals surface area contributed by atoms with Crippen LogP contribution in [-0.4, -0.2) is 84.2 Å². The van der Waals surface area contributed by atoms with Crippen molar-refractivity contribution in [3.05, 3.63) is 41.3 Å². The van der Waals surface area contributed by atoms with Crippen LogP contribution >= 0.6 is 0 Å². The van der Waals surface area contributed by atoms with Crippen LogP contribution in [0.4, 0.5) is 11.4 Å². The van der Waals surface area contributed by atoms with E-state index in [0.717, 1.165) is 39.3 Å². The fraction of sp³-hybridized carbons (Fsp3) is 0.500. The molecule has 0 saturated heterocycles. The maximum absolute atomic E-state index is 13.1. The van der Waals surface area contributed by atoms with Crippen molar-refractivity contribution in [1.82, 2.24) is 19.2 Å². The summed E-state index contributed by atoms with van der Waals surface area (Å²) >= 11 is 0. The van der Waals surface area contributed by atoms with E-state index in [2.05, 4.69) is 29.9 Å². The summed E-state index contributed by atoms with van der Waals surface area (Å²) < 4.78 is 57.5. The van der Waals surface area contributed by atoms with E-state index in [1.54, 1.807) is 0 Å². The van der Waals surface area contributed by atoms with E-state index in [4.69, 9.17) is 0 Å². The second kappa shape index (κ2) is 15.1. The van der Waals surface area contributed by atoms with Crippen molar-refractivity contribution in [3.8, 4) is 0 Å². The van der Waals surface area contributed by atoms with Gasteiger partial charge in [0.15, 0.2) is 0 Å². The lowest BCUT2D eigenvalue weighted by Crippen LogP contribution is -2.30. The second-order valence-corrected chi connectivity index (χ2v) is 13.4. The molecular weight excluding hydrogens is 580 g/mol. The molecule has 0 bridgehead atoms. The molecule has 4 N–H and O–H groups in total. The lowest BCUT2D eigenvalue weighted by atomic mass is 9.99. The van der Waals surface area contributed by atoms with Gasteiger partial charge in [-0.25, -0.2) is 26.3 Å². The molecule has 0 saturated carbocycles. The molecule has 0 radical (unpaired) electrons. The Hall–Kier alpha value is -2.72. The predicted octanol–water partition coefficient (Wildman–Crippen LogP) is 4.21. The summed E-state index contributed by atoms with van der Waals surface area (Å²) in [6.45, 7) is 13.7. The van der Waals surface area contributed by atoms with E-state index < -0.39 is 20.0 Å². The molecule has 0 aromatic heterocycles.